The van der Waals surface area contributed by atoms with Crippen molar-refractivity contribution in [2.45, 2.75) is 153 Å². The van der Waals surface area contributed by atoms with Crippen molar-refractivity contribution in [1.82, 2.24) is 41.7 Å². The summed E-state index contributed by atoms with van der Waals surface area (Å²) in [5.41, 5.74) is 4.95. The van der Waals surface area contributed by atoms with Gasteiger partial charge in [-0.25, -0.2) is 14.4 Å². The Labute approximate surface area is 452 Å². The van der Waals surface area contributed by atoms with Crippen LogP contribution in [-0.4, -0.2) is 182 Å². The Kier molecular flexibility index (Phi) is 25.9. The number of amides is 8. The minimum absolute atomic E-state index is 0.0346. The summed E-state index contributed by atoms with van der Waals surface area (Å²) in [7, 11) is 3.20. The number of carbonyl (C=O) groups excluding carboxylic acids is 8. The van der Waals surface area contributed by atoms with Gasteiger partial charge >= 0.3 is 23.9 Å². The van der Waals surface area contributed by atoms with Crippen molar-refractivity contribution >= 4 is 82.9 Å². The van der Waals surface area contributed by atoms with E-state index in [4.69, 9.17) is 10.8 Å². The Bertz CT molecular complexity index is 2360. The lowest BCUT2D eigenvalue weighted by atomic mass is 9.76. The van der Waals surface area contributed by atoms with Crippen molar-refractivity contribution in [2.24, 2.45) is 17.1 Å². The number of carboxylic acids is 4. The maximum atomic E-state index is 14.3. The molecule has 0 bridgehead atoms. The van der Waals surface area contributed by atoms with Gasteiger partial charge in [0, 0.05) is 62.6 Å². The first kappa shape index (κ1) is 66.2. The summed E-state index contributed by atoms with van der Waals surface area (Å²) >= 11 is 0.926. The number of nitrogens with one attached hydrogen (secondary N) is 6. The van der Waals surface area contributed by atoms with Crippen molar-refractivity contribution in [1.29, 1.82) is 0 Å². The highest BCUT2D eigenvalue weighted by atomic mass is 32.2. The maximum absolute atomic E-state index is 14.3. The summed E-state index contributed by atoms with van der Waals surface area (Å²) in [5, 5.41) is 52.8. The van der Waals surface area contributed by atoms with Crippen molar-refractivity contribution in [3.63, 3.8) is 0 Å². The van der Waals surface area contributed by atoms with E-state index in [9.17, 15) is 72.9 Å². The second-order valence-electron chi connectivity index (χ2n) is 20.8. The zero-order valence-electron chi connectivity index (χ0n) is 45.3. The van der Waals surface area contributed by atoms with Gasteiger partial charge in [-0.15, -0.1) is 11.8 Å². The molecule has 0 radical (unpaired) electrons. The maximum Gasteiger partial charge on any atom is 0.326 e. The lowest BCUT2D eigenvalue weighted by Crippen LogP contribution is -2.61. The van der Waals surface area contributed by atoms with Crippen LogP contribution in [0.25, 0.3) is 0 Å². The first-order valence-electron chi connectivity index (χ1n) is 25.0. The molecular formula is C51H77N9O16S. The Hall–Kier alpha value is -6.93. The number of aliphatic carboxylic acids is 4. The van der Waals surface area contributed by atoms with E-state index in [1.165, 1.54) is 24.9 Å². The van der Waals surface area contributed by atoms with Gasteiger partial charge in [0.1, 0.15) is 30.2 Å². The monoisotopic (exact) mass is 1100 g/mol. The van der Waals surface area contributed by atoms with Crippen LogP contribution in [0.5, 0.6) is 0 Å². The Morgan fingerprint density at radius 1 is 0.753 bits per heavy atom. The third kappa shape index (κ3) is 20.5. The number of rotatable bonds is 32. The fourth-order valence-electron chi connectivity index (χ4n) is 8.27. The molecule has 428 valence electrons. The molecule has 1 aliphatic rings. The quantitative estimate of drug-likeness (QED) is 0.0333. The van der Waals surface area contributed by atoms with E-state index < -0.39 is 168 Å². The van der Waals surface area contributed by atoms with E-state index >= 15 is 0 Å². The van der Waals surface area contributed by atoms with Crippen LogP contribution < -0.4 is 37.6 Å². The summed E-state index contributed by atoms with van der Waals surface area (Å²) in [5.74, 6) is -11.6. The highest BCUT2D eigenvalue weighted by Gasteiger charge is 2.42. The SMILES string of the molecule is CN[C@H](C(=O)NC(C(=O)N(C)[C@H](/C=C(\C)C(=O)N[C@H](CCC(=O)N[C@H](CCC(=O)N[C@H](CCC(=O)NCCN1C(=O)CC(SC[C@H](N)C(=O)O)C1=O)C(=O)O)C(=O)O)C(=O)O)C(C)C)C(C)(C)C)C(C)(C)c1ccccc1. The molecule has 1 heterocycles. The van der Waals surface area contributed by atoms with Crippen LogP contribution in [0.2, 0.25) is 0 Å². The van der Waals surface area contributed by atoms with Crippen LogP contribution in [-0.2, 0) is 62.9 Å². The average Bonchev–Trinajstić information content (AvgIpc) is 3.61. The number of likely N-dealkylation sites (N-methyl/N-ethyl adjacent to an activating group) is 2. The second-order valence-corrected chi connectivity index (χ2v) is 22.0. The van der Waals surface area contributed by atoms with Crippen molar-refractivity contribution in [2.75, 3.05) is 32.9 Å². The Morgan fingerprint density at radius 3 is 1.70 bits per heavy atom. The number of hydrogen-bond donors (Lipinski definition) is 11. The molecule has 8 atom stereocenters. The molecule has 0 aliphatic carbocycles. The number of imide groups is 1. The van der Waals surface area contributed by atoms with Gasteiger partial charge in [0.05, 0.1) is 17.3 Å². The van der Waals surface area contributed by atoms with E-state index in [1.54, 1.807) is 7.05 Å². The summed E-state index contributed by atoms with van der Waals surface area (Å²) in [6, 6.07) is 0.856. The minimum atomic E-state index is -1.68. The average molecular weight is 1100 g/mol. The first-order valence-corrected chi connectivity index (χ1v) is 26.1. The number of nitrogens with zero attached hydrogens (tertiary/aromatic N) is 2. The molecule has 1 fully saturated rings. The van der Waals surface area contributed by atoms with E-state index in [0.29, 0.717) is 0 Å². The molecular weight excluding hydrogens is 1030 g/mol. The second kappa shape index (κ2) is 30.1. The van der Waals surface area contributed by atoms with E-state index in [2.05, 4.69) is 31.9 Å². The van der Waals surface area contributed by atoms with Gasteiger partial charge in [-0.3, -0.25) is 48.1 Å². The van der Waals surface area contributed by atoms with Gasteiger partial charge in [-0.05, 0) is 50.1 Å². The largest absolute Gasteiger partial charge is 0.480 e. The predicted molar refractivity (Wildman–Crippen MR) is 281 cm³/mol. The Morgan fingerprint density at radius 2 is 1.25 bits per heavy atom. The van der Waals surface area contributed by atoms with E-state index in [0.717, 1.165) is 22.2 Å². The van der Waals surface area contributed by atoms with Crippen molar-refractivity contribution < 1.29 is 78.0 Å². The molecule has 26 heteroatoms. The minimum Gasteiger partial charge on any atom is -0.480 e. The molecule has 0 aromatic heterocycles. The normalized spacial score (nSPS) is 16.7. The number of nitrogens with two attached hydrogens (primary N) is 1. The highest BCUT2D eigenvalue weighted by Crippen LogP contribution is 2.30. The number of carbonyl (C=O) groups is 12. The zero-order chi connectivity index (χ0) is 58.7. The van der Waals surface area contributed by atoms with Gasteiger partial charge in [0.15, 0.2) is 0 Å². The molecule has 0 spiro atoms. The number of likely N-dealkylation sites (tertiary alicyclic amines) is 1. The molecule has 1 aliphatic heterocycles. The first-order chi connectivity index (χ1) is 35.7. The lowest BCUT2D eigenvalue weighted by molar-refractivity contribution is -0.144. The molecule has 1 aromatic carbocycles. The number of thioether (sulfide) groups is 1. The zero-order valence-corrected chi connectivity index (χ0v) is 46.1. The van der Waals surface area contributed by atoms with Crippen molar-refractivity contribution in [3.05, 3.63) is 47.5 Å². The summed E-state index contributed by atoms with van der Waals surface area (Å²) in [6.07, 6.45) is -1.71. The topological polar surface area (TPSA) is 390 Å². The van der Waals surface area contributed by atoms with Crippen LogP contribution >= 0.6 is 11.8 Å². The van der Waals surface area contributed by atoms with Crippen LogP contribution in [0.1, 0.15) is 106 Å². The third-order valence-corrected chi connectivity index (χ3v) is 14.3. The van der Waals surface area contributed by atoms with Crippen LogP contribution in [0.3, 0.4) is 0 Å². The lowest BCUT2D eigenvalue weighted by Gasteiger charge is -2.40. The predicted octanol–water partition coefficient (Wildman–Crippen LogP) is -0.0500. The van der Waals surface area contributed by atoms with Gasteiger partial charge in [-0.2, -0.15) is 0 Å². The molecule has 77 heavy (non-hydrogen) atoms. The van der Waals surface area contributed by atoms with Gasteiger partial charge in [0.2, 0.25) is 47.3 Å². The third-order valence-electron chi connectivity index (χ3n) is 13.0. The highest BCUT2D eigenvalue weighted by molar-refractivity contribution is 8.00. The molecule has 0 saturated carbocycles. The molecule has 2 unspecified atom stereocenters. The van der Waals surface area contributed by atoms with Crippen LogP contribution in [0.15, 0.2) is 42.0 Å². The smallest absolute Gasteiger partial charge is 0.326 e. The van der Waals surface area contributed by atoms with Gasteiger partial charge in [0.25, 0.3) is 0 Å². The molecule has 12 N–H and O–H groups in total. The van der Waals surface area contributed by atoms with Crippen molar-refractivity contribution in [3.8, 4) is 0 Å². The molecule has 1 aromatic rings. The summed E-state index contributed by atoms with van der Waals surface area (Å²) in [6.45, 7) is 13.9. The number of carboxylic acid groups (broad SMARTS) is 4. The van der Waals surface area contributed by atoms with Crippen LogP contribution in [0.4, 0.5) is 0 Å². The molecule has 1 saturated heterocycles. The van der Waals surface area contributed by atoms with E-state index in [-0.39, 0.29) is 36.8 Å². The summed E-state index contributed by atoms with van der Waals surface area (Å²) < 4.78 is 0. The summed E-state index contributed by atoms with van der Waals surface area (Å²) in [4.78, 5) is 154. The van der Waals surface area contributed by atoms with Gasteiger partial charge in [-0.1, -0.05) is 84.9 Å². The molecule has 8 amide bonds. The van der Waals surface area contributed by atoms with E-state index in [1.807, 2.05) is 78.8 Å². The fraction of sp³-hybridized carbons (Fsp3) is 0.608. The molecule has 2 rings (SSSR count). The fourth-order valence-corrected chi connectivity index (χ4v) is 9.38. The Balaban J connectivity index is 1.99. The van der Waals surface area contributed by atoms with Crippen LogP contribution in [0, 0.1) is 11.3 Å². The standard InChI is InChI=1S/C51H77N9O16S/c1-27(2)34(59(10)45(68)41(50(4,5)6)58-43(66)40(53-9)51(7,8)29-14-12-11-13-15-29)24-28(3)42(65)57-33(49(75)76)18-21-38(63)56-32(48(73)74)17-20-37(62)55-31(47(71)72)16-19-36(61)54-22-23-60-39(64)25-35(44(60)67)77-26-30(52)46(69)70/h11-15,24,27,30-35,40-41,53H,16-23,25-26,52H2,1-10H3,(H,54,61)(H,55,62)(H,56,63)(H,57,65)(H,58,66)(H,69,70)(H,71,72)(H,73,74)(H,75,76)/b28-24+/t30-,31+,32+,33+,34+,35?,40+,41?/m0/s1. The molecule has 25 nitrogen and oxygen atoms in total. The van der Waals surface area contributed by atoms with Gasteiger partial charge < -0.3 is 63.0 Å². The number of hydrogen-bond acceptors (Lipinski definition) is 15. The number of benzene rings is 1.